The zero-order valence-corrected chi connectivity index (χ0v) is 17.1. The zero-order valence-electron chi connectivity index (χ0n) is 16.2. The fourth-order valence-corrected chi connectivity index (χ4v) is 4.94. The topological polar surface area (TPSA) is 53.9 Å². The number of rotatable bonds is 1. The number of nitrogens with one attached hydrogen (secondary N) is 1. The monoisotopic (exact) mass is 382 g/mol. The Balaban J connectivity index is 1.89. The van der Waals surface area contributed by atoms with Crippen LogP contribution in [0.2, 0.25) is 0 Å². The molecule has 0 aromatic heterocycles. The van der Waals surface area contributed by atoms with Crippen LogP contribution in [0.15, 0.2) is 47.5 Å². The third-order valence-corrected chi connectivity index (χ3v) is 6.04. The Hall–Kier alpha value is -2.14. The van der Waals surface area contributed by atoms with Gasteiger partial charge in [-0.15, -0.1) is 0 Å². The van der Waals surface area contributed by atoms with E-state index in [1.165, 1.54) is 5.56 Å². The van der Waals surface area contributed by atoms with Gasteiger partial charge in [0, 0.05) is 35.4 Å². The molecule has 1 spiro atoms. The lowest BCUT2D eigenvalue weighted by Crippen LogP contribution is -2.57. The number of fused-ring (bicyclic) bond motifs is 1. The molecule has 4 nitrogen and oxygen atoms in total. The molecule has 0 saturated carbocycles. The Morgan fingerprint density at radius 3 is 2.63 bits per heavy atom. The molecular weight excluding hydrogens is 356 g/mol. The smallest absolute Gasteiger partial charge is 0.206 e. The van der Waals surface area contributed by atoms with Crippen molar-refractivity contribution in [3.63, 3.8) is 0 Å². The average molecular weight is 383 g/mol. The predicted octanol–water partition coefficient (Wildman–Crippen LogP) is 4.80. The lowest BCUT2D eigenvalue weighted by molar-refractivity contribution is 0.0126. The molecule has 0 aliphatic carbocycles. The summed E-state index contributed by atoms with van der Waals surface area (Å²) < 4.78 is 6.59. The van der Waals surface area contributed by atoms with Gasteiger partial charge in [0.25, 0.3) is 0 Å². The van der Waals surface area contributed by atoms with Crippen LogP contribution in [0, 0.1) is 6.92 Å². The zero-order chi connectivity index (χ0) is 19.2. The molecule has 0 amide bonds. The minimum Gasteiger partial charge on any atom is -0.508 e. The van der Waals surface area contributed by atoms with Crippen LogP contribution >= 0.6 is 11.8 Å². The first-order valence-electron chi connectivity index (χ1n) is 9.31. The van der Waals surface area contributed by atoms with Crippen LogP contribution in [0.1, 0.15) is 49.3 Å². The Bertz CT molecular complexity index is 895. The molecule has 0 bridgehead atoms. The van der Waals surface area contributed by atoms with E-state index in [-0.39, 0.29) is 17.2 Å². The first kappa shape index (κ1) is 18.2. The molecule has 0 saturated heterocycles. The third kappa shape index (κ3) is 3.29. The van der Waals surface area contributed by atoms with Crippen molar-refractivity contribution in [1.82, 2.24) is 5.32 Å². The minimum absolute atomic E-state index is 0.121. The van der Waals surface area contributed by atoms with Gasteiger partial charge in [0.15, 0.2) is 5.17 Å². The maximum absolute atomic E-state index is 10.3. The number of phenols is 1. The van der Waals surface area contributed by atoms with E-state index in [1.807, 2.05) is 25.3 Å². The molecule has 27 heavy (non-hydrogen) atoms. The summed E-state index contributed by atoms with van der Waals surface area (Å²) in [6.07, 6.45) is 3.58. The lowest BCUT2D eigenvalue weighted by atomic mass is 9.77. The molecule has 2 heterocycles. The highest BCUT2D eigenvalue weighted by Gasteiger charge is 2.48. The van der Waals surface area contributed by atoms with E-state index in [0.29, 0.717) is 0 Å². The predicted molar refractivity (Wildman–Crippen MR) is 112 cm³/mol. The van der Waals surface area contributed by atoms with Crippen molar-refractivity contribution in [2.24, 2.45) is 4.99 Å². The quantitative estimate of drug-likeness (QED) is 0.744. The van der Waals surface area contributed by atoms with E-state index in [2.05, 4.69) is 43.4 Å². The summed E-state index contributed by atoms with van der Waals surface area (Å²) in [5.41, 5.74) is 2.40. The number of aliphatic imine (C=N–C) groups is 1. The Labute approximate surface area is 165 Å². The SMILES string of the molecule is CSC1=N[C@]2(C[C@@H](c3ccccc3)c3ccc(O)c(C)c3O2)CC(C)(C)N1. The molecule has 4 rings (SSSR count). The van der Waals surface area contributed by atoms with Gasteiger partial charge in [-0.1, -0.05) is 48.2 Å². The number of hydrogen-bond donors (Lipinski definition) is 2. The number of benzene rings is 2. The highest BCUT2D eigenvalue weighted by atomic mass is 32.2. The van der Waals surface area contributed by atoms with Crippen molar-refractivity contribution >= 4 is 16.9 Å². The number of nitrogens with zero attached hydrogens (tertiary/aromatic N) is 1. The molecular formula is C22H26N2O2S. The van der Waals surface area contributed by atoms with Gasteiger partial charge >= 0.3 is 0 Å². The number of hydrogen-bond acceptors (Lipinski definition) is 5. The molecule has 2 aromatic rings. The second-order valence-corrected chi connectivity index (χ2v) is 8.95. The first-order chi connectivity index (χ1) is 12.8. The number of phenolic OH excluding ortho intramolecular Hbond substituents is 1. The second-order valence-electron chi connectivity index (χ2n) is 8.15. The van der Waals surface area contributed by atoms with Crippen LogP contribution < -0.4 is 10.1 Å². The van der Waals surface area contributed by atoms with Crippen LogP contribution in [0.5, 0.6) is 11.5 Å². The summed E-state index contributed by atoms with van der Waals surface area (Å²) in [5.74, 6) is 1.21. The largest absolute Gasteiger partial charge is 0.508 e. The molecule has 2 aliphatic heterocycles. The Morgan fingerprint density at radius 2 is 1.93 bits per heavy atom. The van der Waals surface area contributed by atoms with Gasteiger partial charge in [0.1, 0.15) is 11.5 Å². The molecule has 2 aromatic carbocycles. The summed E-state index contributed by atoms with van der Waals surface area (Å²) in [4.78, 5) is 5.00. The molecule has 2 N–H and O–H groups in total. The van der Waals surface area contributed by atoms with Crippen LogP contribution in [-0.4, -0.2) is 27.8 Å². The normalized spacial score (nSPS) is 25.9. The Morgan fingerprint density at radius 1 is 1.19 bits per heavy atom. The third-order valence-electron chi connectivity index (χ3n) is 5.46. The molecule has 0 unspecified atom stereocenters. The van der Waals surface area contributed by atoms with Gasteiger partial charge in [-0.05, 0) is 38.7 Å². The standard InChI is InChI=1S/C22H26N2O2S/c1-14-18(25)11-10-16-17(15-8-6-5-7-9-15)12-22(26-19(14)16)13-21(2,3)23-20(24-22)27-4/h5-11,17,25H,12-13H2,1-4H3,(H,23,24)/t17-,22-/m0/s1. The van der Waals surface area contributed by atoms with E-state index in [9.17, 15) is 5.11 Å². The van der Waals surface area contributed by atoms with E-state index in [4.69, 9.17) is 9.73 Å². The summed E-state index contributed by atoms with van der Waals surface area (Å²) in [6.45, 7) is 6.29. The molecule has 142 valence electrons. The van der Waals surface area contributed by atoms with E-state index >= 15 is 0 Å². The van der Waals surface area contributed by atoms with Crippen molar-refractivity contribution in [2.45, 2.75) is 50.8 Å². The van der Waals surface area contributed by atoms with E-state index in [1.54, 1.807) is 17.8 Å². The van der Waals surface area contributed by atoms with Crippen LogP contribution in [0.3, 0.4) is 0 Å². The number of thioether (sulfide) groups is 1. The fourth-order valence-electron chi connectivity index (χ4n) is 4.31. The van der Waals surface area contributed by atoms with Crippen molar-refractivity contribution < 1.29 is 9.84 Å². The second kappa shape index (κ2) is 6.48. The van der Waals surface area contributed by atoms with Gasteiger partial charge < -0.3 is 15.2 Å². The number of aromatic hydroxyl groups is 1. The van der Waals surface area contributed by atoms with Crippen LogP contribution in [0.25, 0.3) is 0 Å². The van der Waals surface area contributed by atoms with Crippen LogP contribution in [0.4, 0.5) is 0 Å². The summed E-state index contributed by atoms with van der Waals surface area (Å²) in [7, 11) is 0. The first-order valence-corrected chi connectivity index (χ1v) is 10.5. The van der Waals surface area contributed by atoms with Crippen molar-refractivity contribution in [1.29, 1.82) is 0 Å². The molecule has 0 fully saturated rings. The maximum atomic E-state index is 10.3. The summed E-state index contributed by atoms with van der Waals surface area (Å²) in [5, 5.41) is 14.7. The summed E-state index contributed by atoms with van der Waals surface area (Å²) >= 11 is 1.61. The van der Waals surface area contributed by atoms with Crippen molar-refractivity contribution in [2.75, 3.05) is 6.26 Å². The fraction of sp³-hybridized carbons (Fsp3) is 0.409. The minimum atomic E-state index is -0.640. The van der Waals surface area contributed by atoms with Gasteiger partial charge in [-0.3, -0.25) is 0 Å². The number of ether oxygens (including phenoxy) is 1. The lowest BCUT2D eigenvalue weighted by Gasteiger charge is -2.47. The van der Waals surface area contributed by atoms with Gasteiger partial charge in [-0.25, -0.2) is 4.99 Å². The summed E-state index contributed by atoms with van der Waals surface area (Å²) in [6, 6.07) is 14.3. The van der Waals surface area contributed by atoms with Gasteiger partial charge in [0.2, 0.25) is 5.72 Å². The van der Waals surface area contributed by atoms with Gasteiger partial charge in [-0.2, -0.15) is 0 Å². The molecule has 5 heteroatoms. The maximum Gasteiger partial charge on any atom is 0.206 e. The molecule has 2 aliphatic rings. The van der Waals surface area contributed by atoms with Gasteiger partial charge in [0.05, 0.1) is 0 Å². The van der Waals surface area contributed by atoms with E-state index < -0.39 is 5.72 Å². The average Bonchev–Trinajstić information content (AvgIpc) is 2.64. The molecule has 0 radical (unpaired) electrons. The van der Waals surface area contributed by atoms with Crippen LogP contribution in [-0.2, 0) is 0 Å². The number of amidine groups is 1. The highest BCUT2D eigenvalue weighted by molar-refractivity contribution is 8.13. The molecule has 2 atom stereocenters. The highest BCUT2D eigenvalue weighted by Crippen LogP contribution is 2.51. The van der Waals surface area contributed by atoms with Crippen molar-refractivity contribution in [3.8, 4) is 11.5 Å². The van der Waals surface area contributed by atoms with Crippen molar-refractivity contribution in [3.05, 3.63) is 59.2 Å². The Kier molecular flexibility index (Phi) is 4.38. The van der Waals surface area contributed by atoms with E-state index in [0.717, 1.165) is 34.9 Å².